The van der Waals surface area contributed by atoms with Crippen molar-refractivity contribution < 1.29 is 4.79 Å². The van der Waals surface area contributed by atoms with E-state index in [1.807, 2.05) is 25.1 Å². The summed E-state index contributed by atoms with van der Waals surface area (Å²) in [6.07, 6.45) is 0. The first-order chi connectivity index (χ1) is 10.6. The van der Waals surface area contributed by atoms with Crippen LogP contribution in [-0.2, 0) is 4.79 Å². The average Bonchev–Trinajstić information content (AvgIpc) is 2.87. The highest BCUT2D eigenvalue weighted by atomic mass is 35.5. The molecule has 0 fully saturated rings. The number of carbonyl (C=O) groups is 1. The van der Waals surface area contributed by atoms with Gasteiger partial charge in [0.25, 0.3) is 0 Å². The molecule has 6 heteroatoms. The number of halogens is 1. The lowest BCUT2D eigenvalue weighted by atomic mass is 10.2. The maximum absolute atomic E-state index is 11.9. The summed E-state index contributed by atoms with van der Waals surface area (Å²) in [6, 6.07) is 13.1. The predicted molar refractivity (Wildman–Crippen MR) is 91.6 cm³/mol. The van der Waals surface area contributed by atoms with Crippen LogP contribution in [0.2, 0.25) is 5.02 Å². The fourth-order valence-electron chi connectivity index (χ4n) is 2.07. The third-order valence-corrected chi connectivity index (χ3v) is 4.17. The Labute approximate surface area is 137 Å². The Morgan fingerprint density at radius 2 is 2.18 bits per heavy atom. The molecule has 0 bridgehead atoms. The normalized spacial score (nSPS) is 10.8. The molecule has 0 aliphatic rings. The van der Waals surface area contributed by atoms with Gasteiger partial charge >= 0.3 is 0 Å². The van der Waals surface area contributed by atoms with Crippen molar-refractivity contribution in [3.8, 4) is 0 Å². The molecular formula is C16H14ClN3OS. The number of hydrogen-bond donors (Lipinski definition) is 2. The number of aromatic amines is 1. The van der Waals surface area contributed by atoms with E-state index >= 15 is 0 Å². The van der Waals surface area contributed by atoms with E-state index in [0.717, 1.165) is 16.2 Å². The predicted octanol–water partition coefficient (Wildman–Crippen LogP) is 4.26. The number of H-pyrrole nitrogens is 1. The smallest absolute Gasteiger partial charge is 0.234 e. The van der Waals surface area contributed by atoms with Gasteiger partial charge in [0, 0.05) is 10.7 Å². The largest absolute Gasteiger partial charge is 0.333 e. The van der Waals surface area contributed by atoms with Crippen molar-refractivity contribution >= 4 is 46.0 Å². The highest BCUT2D eigenvalue weighted by molar-refractivity contribution is 7.99. The molecule has 0 saturated heterocycles. The summed E-state index contributed by atoms with van der Waals surface area (Å²) >= 11 is 7.26. The van der Waals surface area contributed by atoms with Crippen LogP contribution >= 0.6 is 23.4 Å². The number of carbonyl (C=O) groups excluding carboxylic acids is 1. The fraction of sp³-hybridized carbons (Fsp3) is 0.125. The summed E-state index contributed by atoms with van der Waals surface area (Å²) in [7, 11) is 0. The van der Waals surface area contributed by atoms with E-state index in [2.05, 4.69) is 15.3 Å². The van der Waals surface area contributed by atoms with Crippen LogP contribution in [0.1, 0.15) is 5.56 Å². The number of rotatable bonds is 4. The number of aromatic nitrogens is 2. The molecule has 4 nitrogen and oxygen atoms in total. The number of nitrogens with one attached hydrogen (secondary N) is 2. The molecule has 0 unspecified atom stereocenters. The molecule has 2 N–H and O–H groups in total. The molecule has 1 aromatic heterocycles. The van der Waals surface area contributed by atoms with Gasteiger partial charge in [0.15, 0.2) is 5.16 Å². The Hall–Kier alpha value is -1.98. The van der Waals surface area contributed by atoms with Gasteiger partial charge in [-0.05, 0) is 42.8 Å². The van der Waals surface area contributed by atoms with E-state index in [4.69, 9.17) is 11.6 Å². The van der Waals surface area contributed by atoms with Gasteiger partial charge in [-0.15, -0.1) is 0 Å². The fourth-order valence-corrected chi connectivity index (χ4v) is 2.94. The van der Waals surface area contributed by atoms with Gasteiger partial charge in [-0.1, -0.05) is 35.5 Å². The number of nitrogens with zero attached hydrogens (tertiary/aromatic N) is 1. The van der Waals surface area contributed by atoms with Gasteiger partial charge in [-0.25, -0.2) is 4.98 Å². The Bertz CT molecular complexity index is 831. The van der Waals surface area contributed by atoms with Crippen LogP contribution in [0.5, 0.6) is 0 Å². The van der Waals surface area contributed by atoms with Crippen LogP contribution in [0.15, 0.2) is 47.6 Å². The second-order valence-electron chi connectivity index (χ2n) is 4.91. The minimum atomic E-state index is -0.0936. The number of imidazole rings is 1. The molecule has 22 heavy (non-hydrogen) atoms. The van der Waals surface area contributed by atoms with Gasteiger partial charge in [0.05, 0.1) is 16.8 Å². The van der Waals surface area contributed by atoms with E-state index in [1.54, 1.807) is 24.3 Å². The second kappa shape index (κ2) is 6.42. The van der Waals surface area contributed by atoms with Crippen molar-refractivity contribution in [3.63, 3.8) is 0 Å². The van der Waals surface area contributed by atoms with Gasteiger partial charge < -0.3 is 10.3 Å². The van der Waals surface area contributed by atoms with Crippen LogP contribution in [0.25, 0.3) is 11.0 Å². The zero-order chi connectivity index (χ0) is 15.5. The first-order valence-corrected chi connectivity index (χ1v) is 8.11. The summed E-state index contributed by atoms with van der Waals surface area (Å²) < 4.78 is 0. The molecule has 0 aliphatic heterocycles. The first-order valence-electron chi connectivity index (χ1n) is 6.75. The monoisotopic (exact) mass is 331 g/mol. The number of fused-ring (bicyclic) bond motifs is 1. The molecule has 3 aromatic rings. The minimum Gasteiger partial charge on any atom is -0.333 e. The first kappa shape index (κ1) is 14.9. The van der Waals surface area contributed by atoms with Crippen LogP contribution in [0.3, 0.4) is 0 Å². The van der Waals surface area contributed by atoms with Crippen LogP contribution in [0, 0.1) is 6.92 Å². The van der Waals surface area contributed by atoms with E-state index in [-0.39, 0.29) is 11.7 Å². The van der Waals surface area contributed by atoms with E-state index in [9.17, 15) is 4.79 Å². The minimum absolute atomic E-state index is 0.0936. The summed E-state index contributed by atoms with van der Waals surface area (Å²) in [5, 5.41) is 4.14. The van der Waals surface area contributed by atoms with Crippen molar-refractivity contribution in [2.45, 2.75) is 12.1 Å². The maximum atomic E-state index is 11.9. The summed E-state index contributed by atoms with van der Waals surface area (Å²) in [5.41, 5.74) is 3.76. The molecular weight excluding hydrogens is 318 g/mol. The molecule has 0 spiro atoms. The number of thioether (sulfide) groups is 1. The van der Waals surface area contributed by atoms with Gasteiger partial charge in [-0.3, -0.25) is 4.79 Å². The third-order valence-electron chi connectivity index (χ3n) is 3.06. The Kier molecular flexibility index (Phi) is 4.36. The Morgan fingerprint density at radius 3 is 3.00 bits per heavy atom. The van der Waals surface area contributed by atoms with Crippen LogP contribution in [0.4, 0.5) is 5.69 Å². The standard InChI is InChI=1S/C16H14ClN3OS/c1-10-5-6-13-14(7-10)20-16(19-13)22-9-15(21)18-12-4-2-3-11(17)8-12/h2-8H,9H2,1H3,(H,18,21)(H,19,20). The molecule has 1 heterocycles. The van der Waals surface area contributed by atoms with Gasteiger partial charge in [0.2, 0.25) is 5.91 Å². The van der Waals surface area contributed by atoms with Crippen molar-refractivity contribution in [1.82, 2.24) is 9.97 Å². The van der Waals surface area contributed by atoms with Crippen molar-refractivity contribution in [2.75, 3.05) is 11.1 Å². The average molecular weight is 332 g/mol. The number of benzene rings is 2. The lowest BCUT2D eigenvalue weighted by Crippen LogP contribution is -2.13. The molecule has 0 saturated carbocycles. The third kappa shape index (κ3) is 3.61. The Morgan fingerprint density at radius 1 is 1.32 bits per heavy atom. The summed E-state index contributed by atoms with van der Waals surface area (Å²) in [6.45, 7) is 2.03. The molecule has 112 valence electrons. The Balaban J connectivity index is 1.62. The molecule has 2 aromatic carbocycles. The zero-order valence-electron chi connectivity index (χ0n) is 11.9. The van der Waals surface area contributed by atoms with Gasteiger partial charge in [-0.2, -0.15) is 0 Å². The van der Waals surface area contributed by atoms with Crippen molar-refractivity contribution in [1.29, 1.82) is 0 Å². The quantitative estimate of drug-likeness (QED) is 0.702. The number of hydrogen-bond acceptors (Lipinski definition) is 3. The summed E-state index contributed by atoms with van der Waals surface area (Å²) in [5.74, 6) is 0.189. The highest BCUT2D eigenvalue weighted by Gasteiger charge is 2.08. The van der Waals surface area contributed by atoms with E-state index in [1.165, 1.54) is 17.3 Å². The maximum Gasteiger partial charge on any atom is 0.234 e. The van der Waals surface area contributed by atoms with Crippen molar-refractivity contribution in [3.05, 3.63) is 53.1 Å². The number of amides is 1. The topological polar surface area (TPSA) is 57.8 Å². The molecule has 0 radical (unpaired) electrons. The summed E-state index contributed by atoms with van der Waals surface area (Å²) in [4.78, 5) is 19.6. The van der Waals surface area contributed by atoms with Gasteiger partial charge in [0.1, 0.15) is 0 Å². The van der Waals surface area contributed by atoms with Crippen LogP contribution in [-0.4, -0.2) is 21.6 Å². The molecule has 0 aliphatic carbocycles. The van der Waals surface area contributed by atoms with E-state index < -0.39 is 0 Å². The molecule has 0 atom stereocenters. The highest BCUT2D eigenvalue weighted by Crippen LogP contribution is 2.21. The lowest BCUT2D eigenvalue weighted by Gasteiger charge is -2.04. The molecule has 1 amide bonds. The zero-order valence-corrected chi connectivity index (χ0v) is 13.5. The lowest BCUT2D eigenvalue weighted by molar-refractivity contribution is -0.113. The van der Waals surface area contributed by atoms with E-state index in [0.29, 0.717) is 10.7 Å². The SMILES string of the molecule is Cc1ccc2nc(SCC(=O)Nc3cccc(Cl)c3)[nH]c2c1. The molecule has 3 rings (SSSR count). The number of anilines is 1. The van der Waals surface area contributed by atoms with Crippen molar-refractivity contribution in [2.24, 2.45) is 0 Å². The number of aryl methyl sites for hydroxylation is 1. The second-order valence-corrected chi connectivity index (χ2v) is 6.31. The van der Waals surface area contributed by atoms with Crippen LogP contribution < -0.4 is 5.32 Å².